The fourth-order valence-corrected chi connectivity index (χ4v) is 4.00. The topological polar surface area (TPSA) is 59.2 Å². The molecule has 6 heteroatoms. The van der Waals surface area contributed by atoms with E-state index in [0.717, 1.165) is 4.88 Å². The van der Waals surface area contributed by atoms with Gasteiger partial charge in [-0.05, 0) is 30.0 Å². The zero-order chi connectivity index (χ0) is 17.9. The van der Waals surface area contributed by atoms with E-state index in [1.165, 1.54) is 5.56 Å². The Labute approximate surface area is 156 Å². The van der Waals surface area contributed by atoms with Gasteiger partial charge in [-0.25, -0.2) is 0 Å². The first-order chi connectivity index (χ1) is 12.7. The molecule has 3 aromatic rings. The third-order valence-electron chi connectivity index (χ3n) is 4.65. The Hall–Kier alpha value is -2.73. The van der Waals surface area contributed by atoms with Crippen molar-refractivity contribution in [2.45, 2.75) is 18.8 Å². The van der Waals surface area contributed by atoms with Crippen LogP contribution in [-0.2, 0) is 4.79 Å². The Kier molecular flexibility index (Phi) is 4.67. The average molecular weight is 365 g/mol. The van der Waals surface area contributed by atoms with Crippen LogP contribution >= 0.6 is 11.3 Å². The van der Waals surface area contributed by atoms with Crippen molar-refractivity contribution in [1.29, 1.82) is 0 Å². The van der Waals surface area contributed by atoms with E-state index in [4.69, 9.17) is 4.52 Å². The molecule has 1 saturated heterocycles. The molecular weight excluding hydrogens is 346 g/mol. The number of hydrogen-bond acceptors (Lipinski definition) is 5. The monoisotopic (exact) mass is 365 g/mol. The van der Waals surface area contributed by atoms with Crippen LogP contribution in [0.15, 0.2) is 58.4 Å². The second-order valence-electron chi connectivity index (χ2n) is 6.40. The second kappa shape index (κ2) is 7.25. The molecule has 5 nitrogen and oxygen atoms in total. The second-order valence-corrected chi connectivity index (χ2v) is 7.37. The highest BCUT2D eigenvalue weighted by molar-refractivity contribution is 7.10. The summed E-state index contributed by atoms with van der Waals surface area (Å²) in [6, 6.07) is 14.2. The third kappa shape index (κ3) is 3.46. The Balaban J connectivity index is 1.57. The van der Waals surface area contributed by atoms with Crippen LogP contribution in [0.5, 0.6) is 0 Å². The lowest BCUT2D eigenvalue weighted by Crippen LogP contribution is -2.26. The molecule has 2 atom stereocenters. The van der Waals surface area contributed by atoms with Crippen LogP contribution in [-0.4, -0.2) is 34.0 Å². The molecule has 3 heterocycles. The van der Waals surface area contributed by atoms with Gasteiger partial charge in [0.2, 0.25) is 11.8 Å². The smallest absolute Gasteiger partial charge is 0.246 e. The number of nitrogens with zero attached hydrogens (tertiary/aromatic N) is 3. The fourth-order valence-electron chi connectivity index (χ4n) is 3.38. The predicted molar refractivity (Wildman–Crippen MR) is 101 cm³/mol. The molecule has 1 aliphatic heterocycles. The van der Waals surface area contributed by atoms with Crippen molar-refractivity contribution >= 4 is 23.3 Å². The summed E-state index contributed by atoms with van der Waals surface area (Å²) in [5.74, 6) is 1.40. The van der Waals surface area contributed by atoms with Crippen molar-refractivity contribution < 1.29 is 9.32 Å². The van der Waals surface area contributed by atoms with Gasteiger partial charge in [-0.15, -0.1) is 11.3 Å². The van der Waals surface area contributed by atoms with E-state index < -0.39 is 0 Å². The van der Waals surface area contributed by atoms with Gasteiger partial charge in [0.1, 0.15) is 0 Å². The Bertz CT molecular complexity index is 902. The van der Waals surface area contributed by atoms with Crippen molar-refractivity contribution in [2.75, 3.05) is 13.1 Å². The predicted octanol–water partition coefficient (Wildman–Crippen LogP) is 3.86. The van der Waals surface area contributed by atoms with Crippen LogP contribution in [0, 0.1) is 6.92 Å². The molecule has 1 amide bonds. The van der Waals surface area contributed by atoms with Crippen molar-refractivity contribution in [3.05, 3.63) is 76.1 Å². The number of hydrogen-bond donors (Lipinski definition) is 0. The number of amides is 1. The molecule has 0 aliphatic carbocycles. The molecule has 0 radical (unpaired) electrons. The van der Waals surface area contributed by atoms with Gasteiger partial charge >= 0.3 is 0 Å². The summed E-state index contributed by atoms with van der Waals surface area (Å²) in [5, 5.41) is 5.93. The summed E-state index contributed by atoms with van der Waals surface area (Å²) >= 11 is 1.61. The fraction of sp³-hybridized carbons (Fsp3) is 0.250. The number of rotatable bonds is 4. The summed E-state index contributed by atoms with van der Waals surface area (Å²) < 4.78 is 5.43. The molecule has 1 aromatic carbocycles. The highest BCUT2D eigenvalue weighted by Gasteiger charge is 2.39. The van der Waals surface area contributed by atoms with Gasteiger partial charge in [-0.3, -0.25) is 4.79 Å². The van der Waals surface area contributed by atoms with Crippen LogP contribution in [0.1, 0.15) is 34.0 Å². The minimum atomic E-state index is 0.0117. The van der Waals surface area contributed by atoms with Gasteiger partial charge in [0.05, 0.1) is 5.92 Å². The molecular formula is C20H19N3O2S. The molecule has 0 unspecified atom stereocenters. The summed E-state index contributed by atoms with van der Waals surface area (Å²) in [5.41, 5.74) is 1.19. The van der Waals surface area contributed by atoms with Gasteiger partial charge in [-0.2, -0.15) is 4.98 Å². The largest absolute Gasteiger partial charge is 0.339 e. The van der Waals surface area contributed by atoms with Gasteiger partial charge in [-0.1, -0.05) is 41.6 Å². The quantitative estimate of drug-likeness (QED) is 0.659. The van der Waals surface area contributed by atoms with Gasteiger partial charge in [0.15, 0.2) is 5.82 Å². The first-order valence-electron chi connectivity index (χ1n) is 8.56. The van der Waals surface area contributed by atoms with E-state index in [-0.39, 0.29) is 17.7 Å². The molecule has 2 aromatic heterocycles. The number of aryl methyl sites for hydroxylation is 1. The normalized spacial score (nSPS) is 20.1. The lowest BCUT2D eigenvalue weighted by molar-refractivity contribution is -0.125. The maximum absolute atomic E-state index is 12.7. The summed E-state index contributed by atoms with van der Waals surface area (Å²) in [4.78, 5) is 20.0. The van der Waals surface area contributed by atoms with E-state index in [1.54, 1.807) is 17.4 Å². The van der Waals surface area contributed by atoms with Crippen LogP contribution in [0.2, 0.25) is 0 Å². The minimum absolute atomic E-state index is 0.0117. The standard InChI is InChI=1S/C20H19N3O2S/c1-14-21-20(25-22-14)18-13-23(12-17(18)15-6-3-2-4-7-15)19(24)10-9-16-8-5-11-26-16/h2-11,17-18H,12-13H2,1H3/b10-9-/t17-,18-/m0/s1. The van der Waals surface area contributed by atoms with Crippen LogP contribution in [0.3, 0.4) is 0 Å². The van der Waals surface area contributed by atoms with Gasteiger partial charge in [0.25, 0.3) is 0 Å². The first kappa shape index (κ1) is 16.7. The maximum atomic E-state index is 12.7. The zero-order valence-electron chi connectivity index (χ0n) is 14.4. The summed E-state index contributed by atoms with van der Waals surface area (Å²) in [6.07, 6.45) is 3.52. The molecule has 1 aliphatic rings. The molecule has 1 fully saturated rings. The Morgan fingerprint density at radius 3 is 2.69 bits per heavy atom. The Morgan fingerprint density at radius 1 is 1.19 bits per heavy atom. The molecule has 132 valence electrons. The van der Waals surface area contributed by atoms with E-state index in [2.05, 4.69) is 22.3 Å². The SMILES string of the molecule is Cc1noc([C@H]2CN(C(=O)/C=C\c3cccs3)C[C@H]2c2ccccc2)n1. The van der Waals surface area contributed by atoms with E-state index in [9.17, 15) is 4.79 Å². The third-order valence-corrected chi connectivity index (χ3v) is 5.49. The molecule has 0 spiro atoms. The lowest BCUT2D eigenvalue weighted by atomic mass is 9.89. The van der Waals surface area contributed by atoms with Crippen molar-refractivity contribution in [2.24, 2.45) is 0 Å². The molecule has 26 heavy (non-hydrogen) atoms. The van der Waals surface area contributed by atoms with Crippen LogP contribution in [0.4, 0.5) is 0 Å². The van der Waals surface area contributed by atoms with E-state index >= 15 is 0 Å². The molecule has 0 bridgehead atoms. The van der Waals surface area contributed by atoms with E-state index in [0.29, 0.717) is 24.8 Å². The number of likely N-dealkylation sites (tertiary alicyclic amines) is 1. The number of thiophene rings is 1. The lowest BCUT2D eigenvalue weighted by Gasteiger charge is -2.15. The number of aromatic nitrogens is 2. The number of carbonyl (C=O) groups excluding carboxylic acids is 1. The van der Waals surface area contributed by atoms with Crippen LogP contribution in [0.25, 0.3) is 6.08 Å². The summed E-state index contributed by atoms with van der Waals surface area (Å²) in [7, 11) is 0. The molecule has 0 N–H and O–H groups in total. The minimum Gasteiger partial charge on any atom is -0.339 e. The van der Waals surface area contributed by atoms with Crippen molar-refractivity contribution in [3.8, 4) is 0 Å². The number of carbonyl (C=O) groups is 1. The van der Waals surface area contributed by atoms with Gasteiger partial charge in [0, 0.05) is 30.0 Å². The van der Waals surface area contributed by atoms with Crippen molar-refractivity contribution in [1.82, 2.24) is 15.0 Å². The molecule has 4 rings (SSSR count). The molecule has 0 saturated carbocycles. The average Bonchev–Trinajstić information content (AvgIpc) is 3.40. The summed E-state index contributed by atoms with van der Waals surface area (Å²) in [6.45, 7) is 3.03. The Morgan fingerprint density at radius 2 is 2.00 bits per heavy atom. The van der Waals surface area contributed by atoms with E-state index in [1.807, 2.05) is 53.6 Å². The highest BCUT2D eigenvalue weighted by Crippen LogP contribution is 2.39. The highest BCUT2D eigenvalue weighted by atomic mass is 32.1. The number of benzene rings is 1. The van der Waals surface area contributed by atoms with Gasteiger partial charge < -0.3 is 9.42 Å². The van der Waals surface area contributed by atoms with Crippen LogP contribution < -0.4 is 0 Å². The zero-order valence-corrected chi connectivity index (χ0v) is 15.2. The maximum Gasteiger partial charge on any atom is 0.246 e. The van der Waals surface area contributed by atoms with Crippen molar-refractivity contribution in [3.63, 3.8) is 0 Å². The first-order valence-corrected chi connectivity index (χ1v) is 9.44.